The molecule has 2 aromatic carbocycles. The van der Waals surface area contributed by atoms with E-state index in [1.807, 2.05) is 25.1 Å². The van der Waals surface area contributed by atoms with Gasteiger partial charge in [-0.25, -0.2) is 4.79 Å². The van der Waals surface area contributed by atoms with Gasteiger partial charge in [-0.15, -0.1) is 5.10 Å². The van der Waals surface area contributed by atoms with Crippen molar-refractivity contribution in [2.24, 2.45) is 0 Å². The van der Waals surface area contributed by atoms with Crippen molar-refractivity contribution in [1.82, 2.24) is 9.78 Å². The van der Waals surface area contributed by atoms with Crippen molar-refractivity contribution in [3.63, 3.8) is 0 Å². The minimum Gasteiger partial charge on any atom is -0.454 e. The molecule has 3 aromatic rings. The number of esters is 1. The Morgan fingerprint density at radius 3 is 2.56 bits per heavy atom. The maximum Gasteiger partial charge on any atom is 0.437 e. The maximum absolute atomic E-state index is 11.9. The van der Waals surface area contributed by atoms with E-state index in [0.29, 0.717) is 11.3 Å². The van der Waals surface area contributed by atoms with Gasteiger partial charge < -0.3 is 14.5 Å². The number of anilines is 1. The molecule has 1 amide bonds. The van der Waals surface area contributed by atoms with E-state index in [2.05, 4.69) is 10.4 Å². The molecule has 0 bridgehead atoms. The minimum absolute atomic E-state index is 0.102. The lowest BCUT2D eigenvalue weighted by atomic mass is 10.2. The largest absolute Gasteiger partial charge is 0.454 e. The molecule has 8 heteroatoms. The number of rotatable bonds is 6. The fraction of sp³-hybridized carbons (Fsp3) is 0.158. The van der Waals surface area contributed by atoms with E-state index >= 15 is 0 Å². The number of hydrogen-bond acceptors (Lipinski definition) is 6. The Kier molecular flexibility index (Phi) is 5.46. The molecular weight excluding hydrogens is 350 g/mol. The molecule has 27 heavy (non-hydrogen) atoms. The summed E-state index contributed by atoms with van der Waals surface area (Å²) in [6.45, 7) is 0.932. The standard InChI is InChI=1S/C19H17N3O5/c1-13-7-5-6-10-15(13)20-16(23)12-26-17(24)11-22-19(25)27-18(21-22)14-8-3-2-4-9-14/h2-10H,11-12H2,1H3,(H,20,23). The SMILES string of the molecule is Cc1ccccc1NC(=O)COC(=O)Cn1nc(-c2ccccc2)oc1=O. The second-order valence-electron chi connectivity index (χ2n) is 5.72. The van der Waals surface area contributed by atoms with Crippen molar-refractivity contribution >= 4 is 17.6 Å². The predicted molar refractivity (Wildman–Crippen MR) is 97.0 cm³/mol. The van der Waals surface area contributed by atoms with Gasteiger partial charge in [-0.05, 0) is 30.7 Å². The Balaban J connectivity index is 1.55. The zero-order valence-corrected chi connectivity index (χ0v) is 14.5. The van der Waals surface area contributed by atoms with Gasteiger partial charge in [0.15, 0.2) is 6.61 Å². The highest BCUT2D eigenvalue weighted by Gasteiger charge is 2.15. The van der Waals surface area contributed by atoms with Gasteiger partial charge in [0.05, 0.1) is 0 Å². The lowest BCUT2D eigenvalue weighted by Crippen LogP contribution is -2.26. The number of nitrogens with one attached hydrogen (secondary N) is 1. The Hall–Kier alpha value is -3.68. The Morgan fingerprint density at radius 1 is 1.11 bits per heavy atom. The van der Waals surface area contributed by atoms with Crippen molar-refractivity contribution < 1.29 is 18.7 Å². The van der Waals surface area contributed by atoms with E-state index in [1.165, 1.54) is 0 Å². The average molecular weight is 367 g/mol. The Labute approximate surface area is 154 Å². The van der Waals surface area contributed by atoms with Crippen molar-refractivity contribution in [3.8, 4) is 11.5 Å². The highest BCUT2D eigenvalue weighted by atomic mass is 16.5. The first kappa shape index (κ1) is 18.1. The van der Waals surface area contributed by atoms with Crippen LogP contribution in [0.1, 0.15) is 5.56 Å². The van der Waals surface area contributed by atoms with Crippen molar-refractivity contribution in [2.75, 3.05) is 11.9 Å². The van der Waals surface area contributed by atoms with Crippen LogP contribution in [0.3, 0.4) is 0 Å². The van der Waals surface area contributed by atoms with Gasteiger partial charge in [0.2, 0.25) is 5.89 Å². The third-order valence-electron chi connectivity index (χ3n) is 3.69. The maximum atomic E-state index is 11.9. The predicted octanol–water partition coefficient (Wildman–Crippen LogP) is 1.99. The van der Waals surface area contributed by atoms with Gasteiger partial charge in [0.1, 0.15) is 6.54 Å². The highest BCUT2D eigenvalue weighted by molar-refractivity contribution is 5.93. The number of amides is 1. The van der Waals surface area contributed by atoms with E-state index in [-0.39, 0.29) is 5.89 Å². The third-order valence-corrected chi connectivity index (χ3v) is 3.69. The molecule has 0 fully saturated rings. The van der Waals surface area contributed by atoms with Crippen LogP contribution in [0.15, 0.2) is 63.8 Å². The zero-order valence-electron chi connectivity index (χ0n) is 14.5. The van der Waals surface area contributed by atoms with Crippen LogP contribution < -0.4 is 11.1 Å². The molecule has 1 aromatic heterocycles. The summed E-state index contributed by atoms with van der Waals surface area (Å²) in [4.78, 5) is 35.6. The molecule has 8 nitrogen and oxygen atoms in total. The van der Waals surface area contributed by atoms with Crippen LogP contribution in [0.4, 0.5) is 5.69 Å². The summed E-state index contributed by atoms with van der Waals surface area (Å²) in [5, 5.41) is 6.61. The molecule has 0 atom stereocenters. The third kappa shape index (κ3) is 4.69. The Bertz CT molecular complexity index is 1010. The smallest absolute Gasteiger partial charge is 0.437 e. The van der Waals surface area contributed by atoms with Crippen molar-refractivity contribution in [1.29, 1.82) is 0 Å². The quantitative estimate of drug-likeness (QED) is 0.668. The van der Waals surface area contributed by atoms with Gasteiger partial charge in [-0.2, -0.15) is 4.68 Å². The molecule has 0 saturated heterocycles. The number of carbonyl (C=O) groups excluding carboxylic acids is 2. The topological polar surface area (TPSA) is 103 Å². The first-order valence-electron chi connectivity index (χ1n) is 8.17. The molecule has 0 radical (unpaired) electrons. The summed E-state index contributed by atoms with van der Waals surface area (Å²) in [6, 6.07) is 16.1. The zero-order chi connectivity index (χ0) is 19.2. The van der Waals surface area contributed by atoms with E-state index in [1.54, 1.807) is 36.4 Å². The molecule has 0 unspecified atom stereocenters. The number of hydrogen-bond donors (Lipinski definition) is 1. The molecule has 0 spiro atoms. The first-order valence-corrected chi connectivity index (χ1v) is 8.17. The van der Waals surface area contributed by atoms with Gasteiger partial charge >= 0.3 is 11.7 Å². The number of para-hydroxylation sites is 1. The normalized spacial score (nSPS) is 10.4. The summed E-state index contributed by atoms with van der Waals surface area (Å²) < 4.78 is 10.8. The van der Waals surface area contributed by atoms with Crippen molar-refractivity contribution in [2.45, 2.75) is 13.5 Å². The molecule has 1 N–H and O–H groups in total. The number of aryl methyl sites for hydroxylation is 1. The van der Waals surface area contributed by atoms with Crippen LogP contribution >= 0.6 is 0 Å². The number of ether oxygens (including phenoxy) is 1. The monoisotopic (exact) mass is 367 g/mol. The molecule has 3 rings (SSSR count). The second-order valence-corrected chi connectivity index (χ2v) is 5.72. The van der Waals surface area contributed by atoms with Gasteiger partial charge in [0.25, 0.3) is 5.91 Å². The fourth-order valence-corrected chi connectivity index (χ4v) is 2.32. The van der Waals surface area contributed by atoms with E-state index in [0.717, 1.165) is 10.2 Å². The summed E-state index contributed by atoms with van der Waals surface area (Å²) in [5.74, 6) is -1.93. The average Bonchev–Trinajstić information content (AvgIpc) is 3.03. The van der Waals surface area contributed by atoms with Crippen LogP contribution in [0.25, 0.3) is 11.5 Å². The van der Waals surface area contributed by atoms with Crippen LogP contribution in [-0.2, 0) is 20.9 Å². The van der Waals surface area contributed by atoms with Crippen LogP contribution in [-0.4, -0.2) is 28.3 Å². The fourth-order valence-electron chi connectivity index (χ4n) is 2.32. The summed E-state index contributed by atoms with van der Waals surface area (Å²) in [6.07, 6.45) is 0. The lowest BCUT2D eigenvalue weighted by molar-refractivity contribution is -0.148. The summed E-state index contributed by atoms with van der Waals surface area (Å²) >= 11 is 0. The molecule has 138 valence electrons. The van der Waals surface area contributed by atoms with E-state index < -0.39 is 30.8 Å². The van der Waals surface area contributed by atoms with Crippen LogP contribution in [0.5, 0.6) is 0 Å². The lowest BCUT2D eigenvalue weighted by Gasteiger charge is -2.08. The Morgan fingerprint density at radius 2 is 1.81 bits per heavy atom. The van der Waals surface area contributed by atoms with Crippen LogP contribution in [0, 0.1) is 6.92 Å². The van der Waals surface area contributed by atoms with E-state index in [4.69, 9.17) is 9.15 Å². The molecule has 1 heterocycles. The van der Waals surface area contributed by atoms with E-state index in [9.17, 15) is 14.4 Å². The molecule has 0 aliphatic carbocycles. The number of benzene rings is 2. The minimum atomic E-state index is -0.782. The van der Waals surface area contributed by atoms with Crippen molar-refractivity contribution in [3.05, 3.63) is 70.7 Å². The number of carbonyl (C=O) groups is 2. The van der Waals surface area contributed by atoms with Gasteiger partial charge in [-0.3, -0.25) is 9.59 Å². The number of aromatic nitrogens is 2. The first-order chi connectivity index (χ1) is 13.0. The molecule has 0 aliphatic heterocycles. The molecule has 0 saturated carbocycles. The van der Waals surface area contributed by atoms with Gasteiger partial charge in [0, 0.05) is 11.3 Å². The summed E-state index contributed by atoms with van der Waals surface area (Å²) in [7, 11) is 0. The highest BCUT2D eigenvalue weighted by Crippen LogP contribution is 2.14. The number of nitrogens with zero attached hydrogens (tertiary/aromatic N) is 2. The molecule has 0 aliphatic rings. The molecular formula is C19H17N3O5. The van der Waals surface area contributed by atoms with Crippen LogP contribution in [0.2, 0.25) is 0 Å². The van der Waals surface area contributed by atoms with Gasteiger partial charge in [-0.1, -0.05) is 36.4 Å². The second kappa shape index (κ2) is 8.13. The summed E-state index contributed by atoms with van der Waals surface area (Å²) in [5.41, 5.74) is 2.14.